The minimum atomic E-state index is -3.58. The SMILES string of the molecule is CCC1CCCCN1S(=O)(=O)Nc1nc2ccc3nc(SC)sc3c2s1. The standard InChI is InChI=1S/C16H20N4O2S4/c1-3-10-6-4-5-9-20(10)26(21,22)19-15-17-11-7-8-12-14(13(11)24-15)25-16(18-12)23-2/h7-8,10H,3-6,9H2,1-2H3,(H,17,19). The third kappa shape index (κ3) is 3.33. The van der Waals surface area contributed by atoms with E-state index in [1.165, 1.54) is 11.3 Å². The van der Waals surface area contributed by atoms with Crippen molar-refractivity contribution in [3.63, 3.8) is 0 Å². The molecule has 1 aliphatic heterocycles. The minimum absolute atomic E-state index is 0.0768. The van der Waals surface area contributed by atoms with Crippen LogP contribution in [0, 0.1) is 0 Å². The van der Waals surface area contributed by atoms with Crippen molar-refractivity contribution in [2.45, 2.75) is 43.0 Å². The zero-order valence-electron chi connectivity index (χ0n) is 14.6. The number of benzene rings is 1. The Kier molecular flexibility index (Phi) is 5.13. The van der Waals surface area contributed by atoms with Crippen LogP contribution < -0.4 is 4.72 Å². The van der Waals surface area contributed by atoms with Crippen LogP contribution in [0.5, 0.6) is 0 Å². The Balaban J connectivity index is 1.68. The normalized spacial score (nSPS) is 19.4. The van der Waals surface area contributed by atoms with E-state index in [0.29, 0.717) is 11.7 Å². The van der Waals surface area contributed by atoms with Crippen molar-refractivity contribution in [2.24, 2.45) is 0 Å². The van der Waals surface area contributed by atoms with E-state index in [-0.39, 0.29) is 6.04 Å². The molecule has 10 heteroatoms. The molecule has 0 aliphatic carbocycles. The molecule has 0 radical (unpaired) electrons. The molecule has 1 saturated heterocycles. The minimum Gasteiger partial charge on any atom is -0.246 e. The number of thiazole rings is 2. The Morgan fingerprint density at radius 1 is 1.23 bits per heavy atom. The molecule has 1 aromatic carbocycles. The summed E-state index contributed by atoms with van der Waals surface area (Å²) in [7, 11) is -3.58. The molecule has 3 aromatic rings. The number of fused-ring (bicyclic) bond motifs is 3. The van der Waals surface area contributed by atoms with Crippen LogP contribution in [0.3, 0.4) is 0 Å². The molecule has 1 aliphatic rings. The first-order chi connectivity index (χ1) is 12.5. The van der Waals surface area contributed by atoms with E-state index < -0.39 is 10.2 Å². The fourth-order valence-corrected chi connectivity index (χ4v) is 7.74. The number of thioether (sulfide) groups is 1. The van der Waals surface area contributed by atoms with Gasteiger partial charge in [-0.05, 0) is 37.7 Å². The fraction of sp³-hybridized carbons (Fsp3) is 0.500. The maximum atomic E-state index is 12.9. The first-order valence-electron chi connectivity index (χ1n) is 8.55. The van der Waals surface area contributed by atoms with Crippen LogP contribution in [0.2, 0.25) is 0 Å². The van der Waals surface area contributed by atoms with E-state index in [1.54, 1.807) is 27.4 Å². The van der Waals surface area contributed by atoms with Crippen molar-refractivity contribution < 1.29 is 8.42 Å². The average Bonchev–Trinajstić information content (AvgIpc) is 3.23. The summed E-state index contributed by atoms with van der Waals surface area (Å²) < 4.78 is 33.1. The van der Waals surface area contributed by atoms with Gasteiger partial charge in [-0.1, -0.05) is 36.4 Å². The van der Waals surface area contributed by atoms with Crippen LogP contribution in [-0.2, 0) is 10.2 Å². The summed E-state index contributed by atoms with van der Waals surface area (Å²) >= 11 is 4.62. The Labute approximate surface area is 165 Å². The average molecular weight is 429 g/mol. The first kappa shape index (κ1) is 18.4. The highest BCUT2D eigenvalue weighted by atomic mass is 32.2. The van der Waals surface area contributed by atoms with Gasteiger partial charge in [-0.2, -0.15) is 12.7 Å². The highest BCUT2D eigenvalue weighted by Crippen LogP contribution is 2.38. The second kappa shape index (κ2) is 7.23. The van der Waals surface area contributed by atoms with Crippen molar-refractivity contribution in [3.05, 3.63) is 12.1 Å². The maximum Gasteiger partial charge on any atom is 0.303 e. The maximum absolute atomic E-state index is 12.9. The summed E-state index contributed by atoms with van der Waals surface area (Å²) in [6, 6.07) is 3.93. The Morgan fingerprint density at radius 3 is 2.69 bits per heavy atom. The van der Waals surface area contributed by atoms with Gasteiger partial charge in [-0.25, -0.2) is 14.7 Å². The quantitative estimate of drug-likeness (QED) is 0.604. The molecule has 26 heavy (non-hydrogen) atoms. The first-order valence-corrected chi connectivity index (χ1v) is 12.8. The predicted octanol–water partition coefficient (Wildman–Crippen LogP) is 4.55. The van der Waals surface area contributed by atoms with Gasteiger partial charge in [0.15, 0.2) is 9.47 Å². The lowest BCUT2D eigenvalue weighted by Crippen LogP contribution is -2.45. The van der Waals surface area contributed by atoms with Crippen molar-refractivity contribution in [2.75, 3.05) is 17.5 Å². The molecule has 1 fully saturated rings. The molecule has 1 unspecified atom stereocenters. The summed E-state index contributed by atoms with van der Waals surface area (Å²) in [6.45, 7) is 2.62. The van der Waals surface area contributed by atoms with Gasteiger partial charge in [0.05, 0.1) is 20.4 Å². The topological polar surface area (TPSA) is 75.2 Å². The Bertz CT molecular complexity index is 1040. The number of aromatic nitrogens is 2. The largest absolute Gasteiger partial charge is 0.303 e. The molecule has 6 nitrogen and oxygen atoms in total. The van der Waals surface area contributed by atoms with E-state index in [4.69, 9.17) is 0 Å². The molecule has 2 aromatic heterocycles. The zero-order chi connectivity index (χ0) is 18.3. The van der Waals surface area contributed by atoms with Gasteiger partial charge in [-0.15, -0.1) is 11.3 Å². The van der Waals surface area contributed by atoms with Crippen molar-refractivity contribution in [1.82, 2.24) is 14.3 Å². The molecule has 4 rings (SSSR count). The number of piperidine rings is 1. The highest BCUT2D eigenvalue weighted by molar-refractivity contribution is 8.00. The zero-order valence-corrected chi connectivity index (χ0v) is 17.8. The number of hydrogen-bond acceptors (Lipinski definition) is 7. The molecule has 0 amide bonds. The third-order valence-corrected chi connectivity index (χ3v) is 9.52. The Hall–Kier alpha value is -0.940. The van der Waals surface area contributed by atoms with Gasteiger partial charge in [-0.3, -0.25) is 0 Å². The number of nitrogens with zero attached hydrogens (tertiary/aromatic N) is 3. The number of anilines is 1. The Morgan fingerprint density at radius 2 is 1.96 bits per heavy atom. The summed E-state index contributed by atoms with van der Waals surface area (Å²) in [5.74, 6) is 0. The lowest BCUT2D eigenvalue weighted by Gasteiger charge is -2.33. The summed E-state index contributed by atoms with van der Waals surface area (Å²) in [6.07, 6.45) is 5.77. The number of nitrogens with one attached hydrogen (secondary N) is 1. The number of hydrogen-bond donors (Lipinski definition) is 1. The van der Waals surface area contributed by atoms with Gasteiger partial charge in [0, 0.05) is 12.6 Å². The van der Waals surface area contributed by atoms with E-state index >= 15 is 0 Å². The summed E-state index contributed by atoms with van der Waals surface area (Å²) in [5, 5.41) is 0.423. The van der Waals surface area contributed by atoms with Gasteiger partial charge in [0.1, 0.15) is 0 Å². The predicted molar refractivity (Wildman–Crippen MR) is 112 cm³/mol. The number of rotatable bonds is 5. The monoisotopic (exact) mass is 428 g/mol. The lowest BCUT2D eigenvalue weighted by atomic mass is 10.0. The van der Waals surface area contributed by atoms with Crippen molar-refractivity contribution in [3.8, 4) is 0 Å². The lowest BCUT2D eigenvalue weighted by molar-refractivity contribution is 0.248. The summed E-state index contributed by atoms with van der Waals surface area (Å²) in [4.78, 5) is 9.08. The molecule has 1 N–H and O–H groups in total. The van der Waals surface area contributed by atoms with Crippen molar-refractivity contribution >= 4 is 70.2 Å². The van der Waals surface area contributed by atoms with E-state index in [2.05, 4.69) is 14.7 Å². The smallest absolute Gasteiger partial charge is 0.246 e. The molecule has 0 spiro atoms. The molecular formula is C16H20N4O2S4. The third-order valence-electron chi connectivity index (χ3n) is 4.64. The highest BCUT2D eigenvalue weighted by Gasteiger charge is 2.31. The van der Waals surface area contributed by atoms with Gasteiger partial charge in [0.25, 0.3) is 0 Å². The van der Waals surface area contributed by atoms with Gasteiger partial charge < -0.3 is 0 Å². The van der Waals surface area contributed by atoms with E-state index in [0.717, 1.165) is 50.5 Å². The molecule has 140 valence electrons. The van der Waals surface area contributed by atoms with Crippen LogP contribution in [0.25, 0.3) is 20.4 Å². The second-order valence-electron chi connectivity index (χ2n) is 6.24. The van der Waals surface area contributed by atoms with Crippen molar-refractivity contribution in [1.29, 1.82) is 0 Å². The molecule has 0 saturated carbocycles. The van der Waals surface area contributed by atoms with E-state index in [1.807, 2.05) is 25.3 Å². The molecule has 1 atom stereocenters. The molecule has 0 bridgehead atoms. The van der Waals surface area contributed by atoms with E-state index in [9.17, 15) is 8.42 Å². The van der Waals surface area contributed by atoms with Crippen LogP contribution >= 0.6 is 34.4 Å². The summed E-state index contributed by atoms with van der Waals surface area (Å²) in [5.41, 5.74) is 1.74. The van der Waals surface area contributed by atoms with Gasteiger partial charge in [0.2, 0.25) is 0 Å². The second-order valence-corrected chi connectivity index (χ2v) is 10.9. The molecular weight excluding hydrogens is 408 g/mol. The fourth-order valence-electron chi connectivity index (χ4n) is 3.35. The van der Waals surface area contributed by atoms with Crippen LogP contribution in [0.4, 0.5) is 5.13 Å². The van der Waals surface area contributed by atoms with Crippen LogP contribution in [0.1, 0.15) is 32.6 Å². The van der Waals surface area contributed by atoms with Crippen LogP contribution in [0.15, 0.2) is 16.5 Å². The van der Waals surface area contributed by atoms with Crippen LogP contribution in [-0.4, -0.2) is 41.5 Å². The molecule has 3 heterocycles. The van der Waals surface area contributed by atoms with Gasteiger partial charge >= 0.3 is 10.2 Å².